The Morgan fingerprint density at radius 1 is 0.375 bits per heavy atom. The van der Waals surface area contributed by atoms with Crippen LogP contribution in [0.2, 0.25) is 0 Å². The summed E-state index contributed by atoms with van der Waals surface area (Å²) in [6.45, 7) is 0. The Balaban J connectivity index is 2.11. The van der Waals surface area contributed by atoms with Gasteiger partial charge in [-0.1, -0.05) is 36.4 Å². The van der Waals surface area contributed by atoms with Crippen LogP contribution in [0.4, 0.5) is 0 Å². The van der Waals surface area contributed by atoms with E-state index in [-0.39, 0.29) is 0 Å². The molecule has 7 rings (SSSR count). The second-order valence-electron chi connectivity index (χ2n) is 6.69. The van der Waals surface area contributed by atoms with Gasteiger partial charge in [-0.2, -0.15) is 0 Å². The molecule has 0 N–H and O–H groups in total. The Labute approximate surface area is 136 Å². The molecule has 2 heteroatoms. The fraction of sp³-hybridized carbons (Fsp3) is 0. The quantitative estimate of drug-likeness (QED) is 0.265. The molecule has 5 aromatic carbocycles. The summed E-state index contributed by atoms with van der Waals surface area (Å²) in [5.41, 5.74) is 2.16. The molecule has 0 unspecified atom stereocenters. The lowest BCUT2D eigenvalue weighted by molar-refractivity contribution is 1.44. The number of pyridine rings is 2. The van der Waals surface area contributed by atoms with Crippen molar-refractivity contribution >= 4 is 64.9 Å². The zero-order valence-electron chi connectivity index (χ0n) is 12.7. The van der Waals surface area contributed by atoms with Crippen LogP contribution in [0.5, 0.6) is 0 Å². The van der Waals surface area contributed by atoms with Gasteiger partial charge in [-0.15, -0.1) is 0 Å². The molecule has 0 aliphatic carbocycles. The van der Waals surface area contributed by atoms with Gasteiger partial charge in [0.05, 0.1) is 11.0 Å². The van der Waals surface area contributed by atoms with Crippen LogP contribution >= 0.6 is 0 Å². The predicted octanol–water partition coefficient (Wildman–Crippen LogP) is 5.71. The van der Waals surface area contributed by atoms with Gasteiger partial charge < -0.3 is 0 Å². The Morgan fingerprint density at radius 3 is 1.25 bits per heavy atom. The van der Waals surface area contributed by atoms with Gasteiger partial charge in [-0.05, 0) is 22.9 Å². The largest absolute Gasteiger partial charge is 0.256 e. The van der Waals surface area contributed by atoms with Crippen molar-refractivity contribution in [1.29, 1.82) is 0 Å². The van der Waals surface area contributed by atoms with E-state index >= 15 is 0 Å². The third-order valence-electron chi connectivity index (χ3n) is 5.58. The lowest BCUT2D eigenvalue weighted by Gasteiger charge is -2.19. The lowest BCUT2D eigenvalue weighted by Crippen LogP contribution is -1.94. The monoisotopic (exact) mass is 302 g/mol. The Morgan fingerprint density at radius 2 is 0.750 bits per heavy atom. The van der Waals surface area contributed by atoms with Crippen molar-refractivity contribution in [1.82, 2.24) is 9.97 Å². The molecule has 0 aliphatic rings. The molecule has 0 radical (unpaired) electrons. The fourth-order valence-corrected chi connectivity index (χ4v) is 4.60. The maximum absolute atomic E-state index is 4.73. The summed E-state index contributed by atoms with van der Waals surface area (Å²) in [6, 6.07) is 17.5. The summed E-state index contributed by atoms with van der Waals surface area (Å²) in [7, 11) is 0. The highest BCUT2D eigenvalue weighted by Crippen LogP contribution is 2.46. The lowest BCUT2D eigenvalue weighted by atomic mass is 9.86. The summed E-state index contributed by atoms with van der Waals surface area (Å²) in [6.07, 6.45) is 4.01. The number of hydrogen-bond acceptors (Lipinski definition) is 2. The Hall–Kier alpha value is -3.26. The van der Waals surface area contributed by atoms with Crippen LogP contribution < -0.4 is 0 Å². The number of nitrogens with zero attached hydrogens (tertiary/aromatic N) is 2. The smallest absolute Gasteiger partial charge is 0.0715 e. The minimum atomic E-state index is 1.08. The van der Waals surface area contributed by atoms with E-state index in [4.69, 9.17) is 9.97 Å². The van der Waals surface area contributed by atoms with E-state index in [1.165, 1.54) is 53.9 Å². The minimum Gasteiger partial charge on any atom is -0.256 e. The highest BCUT2D eigenvalue weighted by Gasteiger charge is 2.20. The zero-order chi connectivity index (χ0) is 15.4. The van der Waals surface area contributed by atoms with Gasteiger partial charge >= 0.3 is 0 Å². The molecule has 0 amide bonds. The molecular formula is C22H10N2. The summed E-state index contributed by atoms with van der Waals surface area (Å²) >= 11 is 0. The topological polar surface area (TPSA) is 25.8 Å². The Bertz CT molecular complexity index is 1150. The molecule has 24 heavy (non-hydrogen) atoms. The number of hydrogen-bond donors (Lipinski definition) is 0. The summed E-state index contributed by atoms with van der Waals surface area (Å²) < 4.78 is 0. The van der Waals surface area contributed by atoms with E-state index in [0.29, 0.717) is 0 Å². The number of rotatable bonds is 0. The first kappa shape index (κ1) is 11.3. The SMILES string of the molecule is c1cc2ccc3ncc4ccc5cnc6ccc1c1c2c3c4c5c61. The van der Waals surface area contributed by atoms with Crippen LogP contribution in [0.1, 0.15) is 0 Å². The summed E-state index contributed by atoms with van der Waals surface area (Å²) in [5, 5.41) is 12.9. The van der Waals surface area contributed by atoms with Gasteiger partial charge in [0.25, 0.3) is 0 Å². The van der Waals surface area contributed by atoms with Crippen molar-refractivity contribution < 1.29 is 0 Å². The highest BCUT2D eigenvalue weighted by atomic mass is 14.7. The van der Waals surface area contributed by atoms with Crippen LogP contribution in [0.3, 0.4) is 0 Å². The van der Waals surface area contributed by atoms with E-state index in [0.717, 1.165) is 11.0 Å². The molecular weight excluding hydrogens is 292 g/mol. The van der Waals surface area contributed by atoms with Gasteiger partial charge in [-0.25, -0.2) is 0 Å². The van der Waals surface area contributed by atoms with Crippen molar-refractivity contribution in [3.05, 3.63) is 60.9 Å². The van der Waals surface area contributed by atoms with Gasteiger partial charge in [0.1, 0.15) is 0 Å². The van der Waals surface area contributed by atoms with Crippen molar-refractivity contribution in [3.8, 4) is 0 Å². The second-order valence-corrected chi connectivity index (χ2v) is 6.69. The van der Waals surface area contributed by atoms with Crippen molar-refractivity contribution in [3.63, 3.8) is 0 Å². The third kappa shape index (κ3) is 1.06. The molecule has 0 saturated carbocycles. The summed E-state index contributed by atoms with van der Waals surface area (Å²) in [4.78, 5) is 9.45. The zero-order valence-corrected chi connectivity index (χ0v) is 12.7. The molecule has 0 aliphatic heterocycles. The molecule has 0 fully saturated rings. The average molecular weight is 302 g/mol. The molecule has 0 spiro atoms. The molecule has 0 atom stereocenters. The van der Waals surface area contributed by atoms with E-state index in [1.54, 1.807) is 0 Å². The summed E-state index contributed by atoms with van der Waals surface area (Å²) in [5.74, 6) is 0. The van der Waals surface area contributed by atoms with Crippen molar-refractivity contribution in [2.45, 2.75) is 0 Å². The maximum Gasteiger partial charge on any atom is 0.0715 e. The van der Waals surface area contributed by atoms with E-state index in [9.17, 15) is 0 Å². The normalized spacial score (nSPS) is 13.0. The highest BCUT2D eigenvalue weighted by molar-refractivity contribution is 6.43. The minimum absolute atomic E-state index is 1.08. The van der Waals surface area contributed by atoms with Crippen LogP contribution in [-0.4, -0.2) is 9.97 Å². The molecule has 2 aromatic heterocycles. The van der Waals surface area contributed by atoms with Gasteiger partial charge in [0, 0.05) is 55.5 Å². The maximum atomic E-state index is 4.73. The number of benzene rings is 5. The fourth-order valence-electron chi connectivity index (χ4n) is 4.60. The van der Waals surface area contributed by atoms with Crippen molar-refractivity contribution in [2.75, 3.05) is 0 Å². The van der Waals surface area contributed by atoms with Gasteiger partial charge in [0.2, 0.25) is 0 Å². The van der Waals surface area contributed by atoms with Crippen molar-refractivity contribution in [2.24, 2.45) is 0 Å². The predicted molar refractivity (Wildman–Crippen MR) is 101 cm³/mol. The standard InChI is InChI=1S/C22H10N2/c1-2-12-6-8-16-22-18(12)17-11(1)5-7-15-21(17)19-13(9-23-15)3-4-14(10-24-16)20(19)22/h1-10H. The third-order valence-corrected chi connectivity index (χ3v) is 5.58. The average Bonchev–Trinajstić information content (AvgIpc) is 2.65. The van der Waals surface area contributed by atoms with Crippen LogP contribution in [0.25, 0.3) is 64.9 Å². The second kappa shape index (κ2) is 3.46. The first-order chi connectivity index (χ1) is 11.9. The van der Waals surface area contributed by atoms with Crippen LogP contribution in [0.15, 0.2) is 60.9 Å². The molecule has 0 bridgehead atoms. The molecule has 7 aromatic rings. The number of aromatic nitrogens is 2. The molecule has 2 heterocycles. The first-order valence-corrected chi connectivity index (χ1v) is 8.18. The molecule has 0 saturated heterocycles. The van der Waals surface area contributed by atoms with E-state index in [1.807, 2.05) is 12.4 Å². The molecule has 2 nitrogen and oxygen atoms in total. The Kier molecular flexibility index (Phi) is 1.63. The van der Waals surface area contributed by atoms with Crippen LogP contribution in [-0.2, 0) is 0 Å². The van der Waals surface area contributed by atoms with Gasteiger partial charge in [0.15, 0.2) is 0 Å². The first-order valence-electron chi connectivity index (χ1n) is 8.18. The van der Waals surface area contributed by atoms with E-state index < -0.39 is 0 Å². The molecule has 108 valence electrons. The van der Waals surface area contributed by atoms with E-state index in [2.05, 4.69) is 48.5 Å². The van der Waals surface area contributed by atoms with Crippen LogP contribution in [0, 0.1) is 0 Å². The van der Waals surface area contributed by atoms with Gasteiger partial charge in [-0.3, -0.25) is 9.97 Å².